The number of ether oxygens (including phenoxy) is 1. The fourth-order valence-corrected chi connectivity index (χ4v) is 1.34. The minimum absolute atomic E-state index is 0.106. The van der Waals surface area contributed by atoms with Crippen molar-refractivity contribution in [1.82, 2.24) is 9.97 Å². The van der Waals surface area contributed by atoms with Gasteiger partial charge >= 0.3 is 5.97 Å². The molecule has 0 aliphatic rings. The highest BCUT2D eigenvalue weighted by molar-refractivity contribution is 5.91. The Kier molecular flexibility index (Phi) is 3.00. The topological polar surface area (TPSA) is 72.3 Å². The lowest BCUT2D eigenvalue weighted by Crippen LogP contribution is -2.00. The third-order valence-corrected chi connectivity index (χ3v) is 2.14. The van der Waals surface area contributed by atoms with Crippen LogP contribution in [-0.4, -0.2) is 21.0 Å². The largest absolute Gasteiger partial charge is 0.478 e. The summed E-state index contributed by atoms with van der Waals surface area (Å²) in [5.74, 6) is -0.446. The lowest BCUT2D eigenvalue weighted by Gasteiger charge is -2.08. The Morgan fingerprint density at radius 2 is 2.18 bits per heavy atom. The van der Waals surface area contributed by atoms with E-state index in [1.807, 2.05) is 6.92 Å². The number of aromatic nitrogens is 2. The predicted molar refractivity (Wildman–Crippen MR) is 60.2 cm³/mol. The maximum Gasteiger partial charge on any atom is 0.339 e. The molecular formula is C12H10N2O3. The van der Waals surface area contributed by atoms with Gasteiger partial charge in [0, 0.05) is 12.3 Å². The Labute approximate surface area is 97.7 Å². The van der Waals surface area contributed by atoms with Crippen molar-refractivity contribution in [3.63, 3.8) is 0 Å². The van der Waals surface area contributed by atoms with Crippen LogP contribution in [0.2, 0.25) is 0 Å². The summed E-state index contributed by atoms with van der Waals surface area (Å²) in [5, 5.41) is 9.02. The number of carbonyl (C=O) groups is 1. The summed E-state index contributed by atoms with van der Waals surface area (Å²) >= 11 is 0. The summed E-state index contributed by atoms with van der Waals surface area (Å²) in [6.07, 6.45) is 2.87. The molecule has 0 aliphatic heterocycles. The Hall–Kier alpha value is -2.43. The smallest absolute Gasteiger partial charge is 0.339 e. The first kappa shape index (κ1) is 11.1. The SMILES string of the molecule is Cc1ccc(C(=O)O)c(Oc2ccncn2)c1. The number of hydrogen-bond donors (Lipinski definition) is 1. The highest BCUT2D eigenvalue weighted by Crippen LogP contribution is 2.24. The molecule has 0 aliphatic carbocycles. The van der Waals surface area contributed by atoms with Crippen LogP contribution in [0, 0.1) is 6.92 Å². The van der Waals surface area contributed by atoms with E-state index in [9.17, 15) is 4.79 Å². The van der Waals surface area contributed by atoms with Gasteiger partial charge in [-0.05, 0) is 24.6 Å². The summed E-state index contributed by atoms with van der Waals surface area (Å²) < 4.78 is 5.42. The molecule has 1 aromatic heterocycles. The quantitative estimate of drug-likeness (QED) is 0.875. The van der Waals surface area contributed by atoms with Gasteiger partial charge in [0.05, 0.1) is 0 Å². The zero-order chi connectivity index (χ0) is 12.3. The minimum Gasteiger partial charge on any atom is -0.478 e. The normalized spacial score (nSPS) is 9.94. The van der Waals surface area contributed by atoms with Crippen molar-refractivity contribution in [1.29, 1.82) is 0 Å². The van der Waals surface area contributed by atoms with Crippen LogP contribution in [0.25, 0.3) is 0 Å². The molecule has 1 aromatic carbocycles. The molecule has 0 radical (unpaired) electrons. The molecule has 0 spiro atoms. The van der Waals surface area contributed by atoms with Crippen molar-refractivity contribution < 1.29 is 14.6 Å². The first-order valence-corrected chi connectivity index (χ1v) is 4.94. The van der Waals surface area contributed by atoms with Crippen LogP contribution in [0.3, 0.4) is 0 Å². The molecule has 2 rings (SSSR count). The van der Waals surface area contributed by atoms with Crippen molar-refractivity contribution in [2.45, 2.75) is 6.92 Å². The maximum absolute atomic E-state index is 11.0. The van der Waals surface area contributed by atoms with Crippen molar-refractivity contribution >= 4 is 5.97 Å². The van der Waals surface area contributed by atoms with Gasteiger partial charge in [0.2, 0.25) is 5.88 Å². The van der Waals surface area contributed by atoms with Gasteiger partial charge in [0.15, 0.2) is 0 Å². The molecule has 17 heavy (non-hydrogen) atoms. The molecule has 0 fully saturated rings. The van der Waals surface area contributed by atoms with E-state index in [0.717, 1.165) is 5.56 Å². The highest BCUT2D eigenvalue weighted by Gasteiger charge is 2.12. The van der Waals surface area contributed by atoms with Crippen LogP contribution in [0.1, 0.15) is 15.9 Å². The number of nitrogens with zero attached hydrogens (tertiary/aromatic N) is 2. The summed E-state index contributed by atoms with van der Waals surface area (Å²) in [7, 11) is 0. The lowest BCUT2D eigenvalue weighted by molar-refractivity contribution is 0.0694. The van der Waals surface area contributed by atoms with E-state index in [1.165, 1.54) is 18.6 Å². The van der Waals surface area contributed by atoms with Crippen molar-refractivity contribution in [2.24, 2.45) is 0 Å². The molecule has 5 nitrogen and oxygen atoms in total. The third kappa shape index (κ3) is 2.57. The van der Waals surface area contributed by atoms with Gasteiger partial charge in [-0.3, -0.25) is 0 Å². The Morgan fingerprint density at radius 3 is 2.82 bits per heavy atom. The molecule has 86 valence electrons. The van der Waals surface area contributed by atoms with Crippen LogP contribution < -0.4 is 4.74 Å². The summed E-state index contributed by atoms with van der Waals surface area (Å²) in [6.45, 7) is 1.86. The summed E-state index contributed by atoms with van der Waals surface area (Å²) in [6, 6.07) is 6.45. The minimum atomic E-state index is -1.03. The first-order valence-electron chi connectivity index (χ1n) is 4.94. The molecule has 0 unspecified atom stereocenters. The Balaban J connectivity index is 2.37. The van der Waals surface area contributed by atoms with Crippen LogP contribution in [-0.2, 0) is 0 Å². The van der Waals surface area contributed by atoms with Crippen molar-refractivity contribution in [3.8, 4) is 11.6 Å². The number of aromatic carboxylic acids is 1. The molecule has 0 saturated heterocycles. The van der Waals surface area contributed by atoms with E-state index in [-0.39, 0.29) is 11.3 Å². The van der Waals surface area contributed by atoms with Gasteiger partial charge in [-0.1, -0.05) is 6.07 Å². The average Bonchev–Trinajstić information content (AvgIpc) is 2.30. The van der Waals surface area contributed by atoms with Gasteiger partial charge in [-0.25, -0.2) is 14.8 Å². The number of rotatable bonds is 3. The number of carboxylic acids is 1. The first-order chi connectivity index (χ1) is 8.16. The lowest BCUT2D eigenvalue weighted by atomic mass is 10.1. The van der Waals surface area contributed by atoms with E-state index in [2.05, 4.69) is 9.97 Å². The van der Waals surface area contributed by atoms with Gasteiger partial charge in [-0.15, -0.1) is 0 Å². The summed E-state index contributed by atoms with van der Waals surface area (Å²) in [5.41, 5.74) is 1.02. The van der Waals surface area contributed by atoms with Crippen LogP contribution in [0.5, 0.6) is 11.6 Å². The molecule has 0 bridgehead atoms. The van der Waals surface area contributed by atoms with E-state index in [1.54, 1.807) is 18.2 Å². The molecule has 1 heterocycles. The monoisotopic (exact) mass is 230 g/mol. The molecule has 0 atom stereocenters. The summed E-state index contributed by atoms with van der Waals surface area (Å²) in [4.78, 5) is 18.6. The van der Waals surface area contributed by atoms with Gasteiger partial charge in [-0.2, -0.15) is 0 Å². The average molecular weight is 230 g/mol. The molecule has 1 N–H and O–H groups in total. The van der Waals surface area contributed by atoms with Crippen LogP contribution >= 0.6 is 0 Å². The number of carboxylic acid groups (broad SMARTS) is 1. The van der Waals surface area contributed by atoms with Crippen LogP contribution in [0.4, 0.5) is 0 Å². The molecule has 5 heteroatoms. The number of benzene rings is 1. The fraction of sp³-hybridized carbons (Fsp3) is 0.0833. The van der Waals surface area contributed by atoms with Crippen molar-refractivity contribution in [2.75, 3.05) is 0 Å². The standard InChI is InChI=1S/C12H10N2O3/c1-8-2-3-9(12(15)16)10(6-8)17-11-4-5-13-7-14-11/h2-7H,1H3,(H,15,16). The van der Waals surface area contributed by atoms with Crippen molar-refractivity contribution in [3.05, 3.63) is 47.9 Å². The number of hydrogen-bond acceptors (Lipinski definition) is 4. The van der Waals surface area contributed by atoms with E-state index < -0.39 is 5.97 Å². The second-order valence-electron chi connectivity index (χ2n) is 3.45. The second kappa shape index (κ2) is 4.61. The van der Waals surface area contributed by atoms with E-state index in [4.69, 9.17) is 9.84 Å². The van der Waals surface area contributed by atoms with Gasteiger partial charge in [0.1, 0.15) is 17.6 Å². The second-order valence-corrected chi connectivity index (χ2v) is 3.45. The molecule has 0 saturated carbocycles. The third-order valence-electron chi connectivity index (χ3n) is 2.14. The highest BCUT2D eigenvalue weighted by atomic mass is 16.5. The Morgan fingerprint density at radius 1 is 1.35 bits per heavy atom. The van der Waals surface area contributed by atoms with Crippen LogP contribution in [0.15, 0.2) is 36.8 Å². The van der Waals surface area contributed by atoms with E-state index >= 15 is 0 Å². The maximum atomic E-state index is 11.0. The fourth-order valence-electron chi connectivity index (χ4n) is 1.34. The van der Waals surface area contributed by atoms with Gasteiger partial charge < -0.3 is 9.84 Å². The van der Waals surface area contributed by atoms with E-state index in [0.29, 0.717) is 5.88 Å². The molecule has 2 aromatic rings. The zero-order valence-electron chi connectivity index (χ0n) is 9.12. The zero-order valence-corrected chi connectivity index (χ0v) is 9.12. The predicted octanol–water partition coefficient (Wildman–Crippen LogP) is 2.28. The van der Waals surface area contributed by atoms with Gasteiger partial charge in [0.25, 0.3) is 0 Å². The molecular weight excluding hydrogens is 220 g/mol. The molecule has 0 amide bonds. The Bertz CT molecular complexity index is 541. The number of aryl methyl sites for hydroxylation is 1.